The highest BCUT2D eigenvalue weighted by molar-refractivity contribution is 7.13. The van der Waals surface area contributed by atoms with Gasteiger partial charge >= 0.3 is 0 Å². The first-order valence-corrected chi connectivity index (χ1v) is 8.50. The molecule has 2 heterocycles. The fourth-order valence-electron chi connectivity index (χ4n) is 2.79. The van der Waals surface area contributed by atoms with Gasteiger partial charge in [-0.1, -0.05) is 29.5 Å². The van der Waals surface area contributed by atoms with Gasteiger partial charge in [0, 0.05) is 25.2 Å². The van der Waals surface area contributed by atoms with Gasteiger partial charge in [-0.2, -0.15) is 0 Å². The van der Waals surface area contributed by atoms with Crippen molar-refractivity contribution in [2.45, 2.75) is 20.0 Å². The van der Waals surface area contributed by atoms with Crippen LogP contribution < -0.4 is 10.2 Å². The van der Waals surface area contributed by atoms with Gasteiger partial charge in [-0.05, 0) is 25.0 Å². The minimum absolute atomic E-state index is 0.0408. The Morgan fingerprint density at radius 1 is 1.43 bits per heavy atom. The molecule has 0 spiro atoms. The summed E-state index contributed by atoms with van der Waals surface area (Å²) in [7, 11) is 0. The number of morpholine rings is 1. The monoisotopic (exact) mass is 332 g/mol. The Hall–Kier alpha value is -1.99. The Labute approximate surface area is 139 Å². The van der Waals surface area contributed by atoms with E-state index >= 15 is 0 Å². The number of carbonyl (C=O) groups excluding carboxylic acids is 1. The fourth-order valence-corrected chi connectivity index (χ4v) is 3.39. The highest BCUT2D eigenvalue weighted by Gasteiger charge is 2.23. The lowest BCUT2D eigenvalue weighted by molar-refractivity contribution is 0.0396. The van der Waals surface area contributed by atoms with Crippen molar-refractivity contribution >= 4 is 22.4 Å². The lowest BCUT2D eigenvalue weighted by atomic mass is 10.0. The largest absolute Gasteiger partial charge is 0.373 e. The number of ether oxygens (including phenoxy) is 1. The van der Waals surface area contributed by atoms with Crippen LogP contribution in [0.25, 0.3) is 0 Å². The molecular weight excluding hydrogens is 312 g/mol. The molecule has 1 aliphatic heterocycles. The molecule has 122 valence electrons. The van der Waals surface area contributed by atoms with Crippen LogP contribution in [0.1, 0.15) is 21.5 Å². The maximum absolute atomic E-state index is 12.4. The van der Waals surface area contributed by atoms with Crippen LogP contribution in [0.15, 0.2) is 23.7 Å². The summed E-state index contributed by atoms with van der Waals surface area (Å²) in [6.45, 7) is 6.54. The first-order chi connectivity index (χ1) is 11.1. The van der Waals surface area contributed by atoms with E-state index in [-0.39, 0.29) is 12.0 Å². The highest BCUT2D eigenvalue weighted by atomic mass is 32.1. The number of carbonyl (C=O) groups is 1. The Morgan fingerprint density at radius 2 is 2.22 bits per heavy atom. The van der Waals surface area contributed by atoms with Crippen molar-refractivity contribution in [2.24, 2.45) is 0 Å². The first-order valence-electron chi connectivity index (χ1n) is 7.62. The van der Waals surface area contributed by atoms with E-state index in [1.54, 1.807) is 5.51 Å². The third-order valence-electron chi connectivity index (χ3n) is 3.96. The molecule has 1 amide bonds. The van der Waals surface area contributed by atoms with E-state index in [1.165, 1.54) is 11.3 Å². The third-order valence-corrected chi connectivity index (χ3v) is 4.71. The molecular formula is C16H20N4O2S. The second kappa shape index (κ2) is 7.06. The SMILES string of the molecule is Cc1cccc(C)c1C(=O)NC[C@H]1CN(c2nncs2)CCO1. The minimum Gasteiger partial charge on any atom is -0.373 e. The second-order valence-corrected chi connectivity index (χ2v) is 6.45. The van der Waals surface area contributed by atoms with Crippen LogP contribution in [0.4, 0.5) is 5.13 Å². The highest BCUT2D eigenvalue weighted by Crippen LogP contribution is 2.19. The van der Waals surface area contributed by atoms with Crippen LogP contribution in [0, 0.1) is 13.8 Å². The van der Waals surface area contributed by atoms with E-state index in [0.717, 1.165) is 28.4 Å². The summed E-state index contributed by atoms with van der Waals surface area (Å²) < 4.78 is 5.75. The number of nitrogens with zero attached hydrogens (tertiary/aromatic N) is 3. The number of aromatic nitrogens is 2. The summed E-state index contributed by atoms with van der Waals surface area (Å²) in [4.78, 5) is 14.6. The summed E-state index contributed by atoms with van der Waals surface area (Å²) >= 11 is 1.52. The van der Waals surface area contributed by atoms with E-state index in [1.807, 2.05) is 32.0 Å². The van der Waals surface area contributed by atoms with Crippen molar-refractivity contribution in [1.82, 2.24) is 15.5 Å². The molecule has 1 N–H and O–H groups in total. The van der Waals surface area contributed by atoms with Crippen molar-refractivity contribution < 1.29 is 9.53 Å². The second-order valence-electron chi connectivity index (χ2n) is 5.64. The maximum Gasteiger partial charge on any atom is 0.251 e. The average Bonchev–Trinajstić information content (AvgIpc) is 3.07. The molecule has 2 aromatic rings. The fraction of sp³-hybridized carbons (Fsp3) is 0.438. The summed E-state index contributed by atoms with van der Waals surface area (Å²) in [5, 5.41) is 11.9. The predicted octanol–water partition coefficient (Wildman–Crippen LogP) is 1.79. The van der Waals surface area contributed by atoms with Crippen molar-refractivity contribution in [3.8, 4) is 0 Å². The number of hydrogen-bond acceptors (Lipinski definition) is 6. The molecule has 0 bridgehead atoms. The Bertz CT molecular complexity index is 654. The molecule has 23 heavy (non-hydrogen) atoms. The maximum atomic E-state index is 12.4. The van der Waals surface area contributed by atoms with Gasteiger partial charge < -0.3 is 15.0 Å². The van der Waals surface area contributed by atoms with E-state index in [4.69, 9.17) is 4.74 Å². The molecule has 3 rings (SSSR count). The Balaban J connectivity index is 1.59. The molecule has 1 aliphatic rings. The van der Waals surface area contributed by atoms with Gasteiger partial charge in [0.05, 0.1) is 12.7 Å². The van der Waals surface area contributed by atoms with Crippen molar-refractivity contribution in [3.05, 3.63) is 40.4 Å². The predicted molar refractivity (Wildman–Crippen MR) is 90.1 cm³/mol. The molecule has 0 aliphatic carbocycles. The number of anilines is 1. The van der Waals surface area contributed by atoms with Gasteiger partial charge in [0.15, 0.2) is 0 Å². The molecule has 6 nitrogen and oxygen atoms in total. The number of rotatable bonds is 4. The molecule has 1 atom stereocenters. The number of benzene rings is 1. The smallest absolute Gasteiger partial charge is 0.251 e. The van der Waals surface area contributed by atoms with Gasteiger partial charge in [0.2, 0.25) is 5.13 Å². The molecule has 0 radical (unpaired) electrons. The number of nitrogens with one attached hydrogen (secondary N) is 1. The third kappa shape index (κ3) is 3.68. The minimum atomic E-state index is -0.0442. The zero-order valence-corrected chi connectivity index (χ0v) is 14.1. The van der Waals surface area contributed by atoms with Crippen molar-refractivity contribution in [2.75, 3.05) is 31.1 Å². The molecule has 1 saturated heterocycles. The molecule has 1 aromatic heterocycles. The normalized spacial score (nSPS) is 18.0. The van der Waals surface area contributed by atoms with Crippen LogP contribution in [0.5, 0.6) is 0 Å². The quantitative estimate of drug-likeness (QED) is 0.924. The Morgan fingerprint density at radius 3 is 2.91 bits per heavy atom. The Kier molecular flexibility index (Phi) is 4.88. The topological polar surface area (TPSA) is 67.4 Å². The van der Waals surface area contributed by atoms with E-state index in [0.29, 0.717) is 19.7 Å². The summed E-state index contributed by atoms with van der Waals surface area (Å²) in [5.41, 5.74) is 4.46. The number of aryl methyl sites for hydroxylation is 2. The van der Waals surface area contributed by atoms with E-state index < -0.39 is 0 Å². The standard InChI is InChI=1S/C16H20N4O2S/c1-11-4-3-5-12(2)14(11)15(21)17-8-13-9-20(6-7-22-13)16-19-18-10-23-16/h3-5,10,13H,6-9H2,1-2H3,(H,17,21)/t13-/m0/s1. The molecule has 1 fully saturated rings. The zero-order chi connectivity index (χ0) is 16.2. The van der Waals surface area contributed by atoms with Crippen molar-refractivity contribution in [1.29, 1.82) is 0 Å². The summed E-state index contributed by atoms with van der Waals surface area (Å²) in [5.74, 6) is -0.0442. The lowest BCUT2D eigenvalue weighted by Gasteiger charge is -2.32. The molecule has 0 unspecified atom stereocenters. The number of amides is 1. The van der Waals surface area contributed by atoms with Crippen LogP contribution in [-0.2, 0) is 4.74 Å². The van der Waals surface area contributed by atoms with Crippen molar-refractivity contribution in [3.63, 3.8) is 0 Å². The van der Waals surface area contributed by atoms with Gasteiger partial charge in [-0.3, -0.25) is 4.79 Å². The van der Waals surface area contributed by atoms with Gasteiger partial charge in [0.1, 0.15) is 5.51 Å². The molecule has 0 saturated carbocycles. The lowest BCUT2D eigenvalue weighted by Crippen LogP contribution is -2.47. The van der Waals surface area contributed by atoms with Gasteiger partial charge in [-0.25, -0.2) is 0 Å². The van der Waals surface area contributed by atoms with Crippen LogP contribution in [0.3, 0.4) is 0 Å². The van der Waals surface area contributed by atoms with Crippen LogP contribution in [-0.4, -0.2) is 48.4 Å². The average molecular weight is 332 g/mol. The zero-order valence-electron chi connectivity index (χ0n) is 13.3. The number of hydrogen-bond donors (Lipinski definition) is 1. The summed E-state index contributed by atoms with van der Waals surface area (Å²) in [6, 6.07) is 5.87. The van der Waals surface area contributed by atoms with Gasteiger partial charge in [-0.15, -0.1) is 10.2 Å². The molecule has 1 aromatic carbocycles. The van der Waals surface area contributed by atoms with E-state index in [2.05, 4.69) is 20.4 Å². The van der Waals surface area contributed by atoms with Crippen LogP contribution in [0.2, 0.25) is 0 Å². The van der Waals surface area contributed by atoms with Gasteiger partial charge in [0.25, 0.3) is 5.91 Å². The first kappa shape index (κ1) is 15.9. The summed E-state index contributed by atoms with van der Waals surface area (Å²) in [6.07, 6.45) is -0.0408. The van der Waals surface area contributed by atoms with Crippen LogP contribution >= 0.6 is 11.3 Å². The molecule has 7 heteroatoms. The van der Waals surface area contributed by atoms with E-state index in [9.17, 15) is 4.79 Å².